The van der Waals surface area contributed by atoms with Crippen LogP contribution >= 0.6 is 0 Å². The van der Waals surface area contributed by atoms with Crippen molar-refractivity contribution >= 4 is 0 Å². The van der Waals surface area contributed by atoms with Crippen LogP contribution in [-0.2, 0) is 6.54 Å². The minimum atomic E-state index is 0.660. The van der Waals surface area contributed by atoms with Crippen LogP contribution in [0.2, 0.25) is 0 Å². The van der Waals surface area contributed by atoms with Gasteiger partial charge >= 0.3 is 0 Å². The molecule has 0 amide bonds. The zero-order valence-electron chi connectivity index (χ0n) is 12.2. The van der Waals surface area contributed by atoms with Gasteiger partial charge in [0, 0.05) is 12.6 Å². The number of methoxy groups -OCH3 is 1. The van der Waals surface area contributed by atoms with Crippen molar-refractivity contribution in [1.82, 2.24) is 5.32 Å². The largest absolute Gasteiger partial charge is 0.493 e. The second-order valence-electron chi connectivity index (χ2n) is 5.31. The molecule has 2 atom stereocenters. The van der Waals surface area contributed by atoms with Gasteiger partial charge in [-0.15, -0.1) is 0 Å². The van der Waals surface area contributed by atoms with Crippen LogP contribution in [0.3, 0.4) is 0 Å². The number of rotatable bonds is 6. The van der Waals surface area contributed by atoms with Crippen molar-refractivity contribution < 1.29 is 9.47 Å². The smallest absolute Gasteiger partial charge is 0.161 e. The monoisotopic (exact) mass is 263 g/mol. The maximum absolute atomic E-state index is 5.53. The summed E-state index contributed by atoms with van der Waals surface area (Å²) in [4.78, 5) is 0. The molecular weight excluding hydrogens is 238 g/mol. The van der Waals surface area contributed by atoms with Gasteiger partial charge in [0.15, 0.2) is 11.5 Å². The summed E-state index contributed by atoms with van der Waals surface area (Å²) in [5.74, 6) is 2.44. The average molecular weight is 263 g/mol. The summed E-state index contributed by atoms with van der Waals surface area (Å²) in [7, 11) is 1.69. The Morgan fingerprint density at radius 2 is 2.11 bits per heavy atom. The van der Waals surface area contributed by atoms with E-state index in [0.29, 0.717) is 12.6 Å². The van der Waals surface area contributed by atoms with E-state index in [9.17, 15) is 0 Å². The van der Waals surface area contributed by atoms with Gasteiger partial charge in [-0.2, -0.15) is 0 Å². The van der Waals surface area contributed by atoms with Crippen molar-refractivity contribution in [2.45, 2.75) is 45.7 Å². The molecule has 3 heteroatoms. The topological polar surface area (TPSA) is 30.5 Å². The molecule has 0 heterocycles. The lowest BCUT2D eigenvalue weighted by Crippen LogP contribution is -2.30. The minimum Gasteiger partial charge on any atom is -0.493 e. The maximum atomic E-state index is 5.53. The molecule has 0 spiro atoms. The minimum absolute atomic E-state index is 0.660. The van der Waals surface area contributed by atoms with Gasteiger partial charge in [-0.25, -0.2) is 0 Å². The molecule has 0 aliphatic heterocycles. The van der Waals surface area contributed by atoms with Gasteiger partial charge in [0.1, 0.15) is 0 Å². The molecule has 0 bridgehead atoms. The lowest BCUT2D eigenvalue weighted by Gasteiger charge is -2.18. The van der Waals surface area contributed by atoms with Gasteiger partial charge in [0.05, 0.1) is 13.7 Å². The lowest BCUT2D eigenvalue weighted by atomic mass is 10.1. The first-order chi connectivity index (χ1) is 9.24. The fraction of sp³-hybridized carbons (Fsp3) is 0.625. The number of benzene rings is 1. The maximum Gasteiger partial charge on any atom is 0.161 e. The standard InChI is InChI=1S/C16H25NO2/c1-4-19-15-9-8-13(10-16(15)18-3)11-17-14-7-5-6-12(14)2/h8-10,12,14,17H,4-7,11H2,1-3H3. The number of nitrogens with one attached hydrogen (secondary N) is 1. The van der Waals surface area contributed by atoms with Crippen LogP contribution in [0.15, 0.2) is 18.2 Å². The highest BCUT2D eigenvalue weighted by Gasteiger charge is 2.22. The summed E-state index contributed by atoms with van der Waals surface area (Å²) in [6.07, 6.45) is 4.00. The van der Waals surface area contributed by atoms with Crippen LogP contribution in [0.1, 0.15) is 38.7 Å². The third kappa shape index (κ3) is 3.63. The quantitative estimate of drug-likeness (QED) is 0.853. The third-order valence-corrected chi connectivity index (χ3v) is 3.96. The summed E-state index contributed by atoms with van der Waals surface area (Å²) >= 11 is 0. The average Bonchev–Trinajstić information content (AvgIpc) is 2.83. The molecule has 0 aromatic heterocycles. The van der Waals surface area contributed by atoms with E-state index in [2.05, 4.69) is 24.4 Å². The van der Waals surface area contributed by atoms with E-state index in [-0.39, 0.29) is 0 Å². The molecule has 0 saturated heterocycles. The van der Waals surface area contributed by atoms with Crippen molar-refractivity contribution in [2.75, 3.05) is 13.7 Å². The lowest BCUT2D eigenvalue weighted by molar-refractivity contribution is 0.310. The van der Waals surface area contributed by atoms with Crippen LogP contribution in [0.25, 0.3) is 0 Å². The third-order valence-electron chi connectivity index (χ3n) is 3.96. The highest BCUT2D eigenvalue weighted by molar-refractivity contribution is 5.42. The van der Waals surface area contributed by atoms with Gasteiger partial charge in [-0.3, -0.25) is 0 Å². The van der Waals surface area contributed by atoms with Crippen LogP contribution in [0.5, 0.6) is 11.5 Å². The van der Waals surface area contributed by atoms with Gasteiger partial charge < -0.3 is 14.8 Å². The molecule has 1 aromatic rings. The molecule has 1 N–H and O–H groups in total. The zero-order valence-corrected chi connectivity index (χ0v) is 12.2. The van der Waals surface area contributed by atoms with E-state index in [1.165, 1.54) is 24.8 Å². The highest BCUT2D eigenvalue weighted by atomic mass is 16.5. The first-order valence-corrected chi connectivity index (χ1v) is 7.27. The Hall–Kier alpha value is -1.22. The van der Waals surface area contributed by atoms with Crippen molar-refractivity contribution in [3.63, 3.8) is 0 Å². The zero-order chi connectivity index (χ0) is 13.7. The normalized spacial score (nSPS) is 22.5. The first-order valence-electron chi connectivity index (χ1n) is 7.27. The van der Waals surface area contributed by atoms with Crippen LogP contribution in [0.4, 0.5) is 0 Å². The van der Waals surface area contributed by atoms with E-state index in [1.54, 1.807) is 7.11 Å². The van der Waals surface area contributed by atoms with Crippen molar-refractivity contribution in [3.05, 3.63) is 23.8 Å². The summed E-state index contributed by atoms with van der Waals surface area (Å²) in [5, 5.41) is 3.65. The second-order valence-corrected chi connectivity index (χ2v) is 5.31. The Balaban J connectivity index is 1.96. The Morgan fingerprint density at radius 1 is 1.26 bits per heavy atom. The van der Waals surface area contributed by atoms with Crippen LogP contribution < -0.4 is 14.8 Å². The molecule has 1 aliphatic rings. The molecule has 1 saturated carbocycles. The first kappa shape index (κ1) is 14.2. The van der Waals surface area contributed by atoms with E-state index in [1.807, 2.05) is 13.0 Å². The Morgan fingerprint density at radius 3 is 2.74 bits per heavy atom. The predicted molar refractivity (Wildman–Crippen MR) is 77.8 cm³/mol. The SMILES string of the molecule is CCOc1ccc(CNC2CCCC2C)cc1OC. The molecule has 2 unspecified atom stereocenters. The molecule has 0 radical (unpaired) electrons. The second kappa shape index (κ2) is 6.80. The summed E-state index contributed by atoms with van der Waals surface area (Å²) in [6, 6.07) is 6.84. The fourth-order valence-electron chi connectivity index (χ4n) is 2.79. The van der Waals surface area contributed by atoms with E-state index >= 15 is 0 Å². The van der Waals surface area contributed by atoms with E-state index in [0.717, 1.165) is 24.0 Å². The fourth-order valence-corrected chi connectivity index (χ4v) is 2.79. The van der Waals surface area contributed by atoms with Crippen molar-refractivity contribution in [3.8, 4) is 11.5 Å². The Labute approximate surface area is 116 Å². The molecule has 106 valence electrons. The van der Waals surface area contributed by atoms with Crippen molar-refractivity contribution in [2.24, 2.45) is 5.92 Å². The van der Waals surface area contributed by atoms with Crippen LogP contribution in [-0.4, -0.2) is 19.8 Å². The molecule has 1 aromatic carbocycles. The van der Waals surface area contributed by atoms with Gasteiger partial charge in [-0.05, 0) is 43.4 Å². The summed E-state index contributed by atoms with van der Waals surface area (Å²) in [5.41, 5.74) is 1.25. The van der Waals surface area contributed by atoms with Gasteiger partial charge in [0.2, 0.25) is 0 Å². The van der Waals surface area contributed by atoms with E-state index in [4.69, 9.17) is 9.47 Å². The molecular formula is C16H25NO2. The number of hydrogen-bond donors (Lipinski definition) is 1. The molecule has 2 rings (SSSR count). The predicted octanol–water partition coefficient (Wildman–Crippen LogP) is 3.37. The highest BCUT2D eigenvalue weighted by Crippen LogP contribution is 2.29. The van der Waals surface area contributed by atoms with E-state index < -0.39 is 0 Å². The van der Waals surface area contributed by atoms with Gasteiger partial charge in [0.25, 0.3) is 0 Å². The van der Waals surface area contributed by atoms with Gasteiger partial charge in [-0.1, -0.05) is 19.4 Å². The molecule has 1 fully saturated rings. The summed E-state index contributed by atoms with van der Waals surface area (Å²) < 4.78 is 10.9. The molecule has 19 heavy (non-hydrogen) atoms. The van der Waals surface area contributed by atoms with Crippen molar-refractivity contribution in [1.29, 1.82) is 0 Å². The number of ether oxygens (including phenoxy) is 2. The molecule has 1 aliphatic carbocycles. The van der Waals surface area contributed by atoms with Crippen LogP contribution in [0, 0.1) is 5.92 Å². The molecule has 3 nitrogen and oxygen atoms in total. The number of hydrogen-bond acceptors (Lipinski definition) is 3. The Kier molecular flexibility index (Phi) is 5.08. The summed E-state index contributed by atoms with van der Waals surface area (Å²) in [6.45, 7) is 5.88. The Bertz CT molecular complexity index is 406.